The van der Waals surface area contributed by atoms with Crippen molar-refractivity contribution in [2.45, 2.75) is 44.4 Å². The van der Waals surface area contributed by atoms with Crippen LogP contribution in [-0.4, -0.2) is 23.0 Å². The van der Waals surface area contributed by atoms with Crippen molar-refractivity contribution in [2.75, 3.05) is 5.75 Å². The lowest BCUT2D eigenvalue weighted by molar-refractivity contribution is 0.0934. The minimum atomic E-state index is -0.444. The van der Waals surface area contributed by atoms with Gasteiger partial charge in [0.1, 0.15) is 5.82 Å². The first-order valence-electron chi connectivity index (χ1n) is 6.78. The molecule has 2 atom stereocenters. The molecule has 1 aromatic rings. The number of rotatable bonds is 4. The van der Waals surface area contributed by atoms with Gasteiger partial charge in [-0.25, -0.2) is 4.39 Å². The molecule has 1 aliphatic rings. The molecular weight excluding hydrogens is 261 g/mol. The molecule has 2 rings (SSSR count). The van der Waals surface area contributed by atoms with Crippen LogP contribution in [0.4, 0.5) is 4.39 Å². The van der Waals surface area contributed by atoms with E-state index in [1.165, 1.54) is 6.07 Å². The highest BCUT2D eigenvalue weighted by atomic mass is 32.2. The summed E-state index contributed by atoms with van der Waals surface area (Å²) < 4.78 is 13.6. The Morgan fingerprint density at radius 3 is 3.00 bits per heavy atom. The molecule has 0 aromatic heterocycles. The summed E-state index contributed by atoms with van der Waals surface area (Å²) in [5.41, 5.74) is 1.06. The monoisotopic (exact) mass is 281 g/mol. The summed E-state index contributed by atoms with van der Waals surface area (Å²) in [5, 5.41) is 3.60. The van der Waals surface area contributed by atoms with E-state index in [-0.39, 0.29) is 17.5 Å². The molecule has 1 saturated carbocycles. The first-order valence-corrected chi connectivity index (χ1v) is 7.83. The molecule has 19 heavy (non-hydrogen) atoms. The van der Waals surface area contributed by atoms with Crippen LogP contribution in [0, 0.1) is 12.7 Å². The lowest BCUT2D eigenvalue weighted by Crippen LogP contribution is -2.33. The van der Waals surface area contributed by atoms with Crippen LogP contribution in [0.5, 0.6) is 0 Å². The third kappa shape index (κ3) is 3.72. The van der Waals surface area contributed by atoms with Crippen molar-refractivity contribution in [3.63, 3.8) is 0 Å². The SMILES string of the molecule is CCSC1CCC(NC(=O)c2cc(C)ccc2F)C1. The van der Waals surface area contributed by atoms with Gasteiger partial charge in [0, 0.05) is 11.3 Å². The normalized spacial score (nSPS) is 22.5. The third-order valence-electron chi connectivity index (χ3n) is 3.49. The minimum absolute atomic E-state index is 0.159. The molecule has 0 bridgehead atoms. The largest absolute Gasteiger partial charge is 0.349 e. The van der Waals surface area contributed by atoms with E-state index in [9.17, 15) is 9.18 Å². The molecule has 0 spiro atoms. The van der Waals surface area contributed by atoms with Crippen LogP contribution >= 0.6 is 11.8 Å². The molecule has 0 saturated heterocycles. The summed E-state index contributed by atoms with van der Waals surface area (Å²) in [7, 11) is 0. The van der Waals surface area contributed by atoms with Crippen LogP contribution in [0.25, 0.3) is 0 Å². The molecule has 0 radical (unpaired) electrons. The third-order valence-corrected chi connectivity index (χ3v) is 4.72. The Bertz CT molecular complexity index is 463. The Morgan fingerprint density at radius 1 is 1.47 bits per heavy atom. The predicted molar refractivity (Wildman–Crippen MR) is 78.2 cm³/mol. The molecule has 0 aliphatic heterocycles. The van der Waals surface area contributed by atoms with Crippen molar-refractivity contribution in [1.29, 1.82) is 0 Å². The maximum atomic E-state index is 13.6. The summed E-state index contributed by atoms with van der Waals surface area (Å²) in [6.45, 7) is 4.01. The Morgan fingerprint density at radius 2 is 2.26 bits per heavy atom. The van der Waals surface area contributed by atoms with Crippen LogP contribution in [0.1, 0.15) is 42.1 Å². The van der Waals surface area contributed by atoms with Gasteiger partial charge < -0.3 is 5.32 Å². The van der Waals surface area contributed by atoms with Gasteiger partial charge in [-0.3, -0.25) is 4.79 Å². The zero-order valence-electron chi connectivity index (χ0n) is 11.4. The summed E-state index contributed by atoms with van der Waals surface area (Å²) >= 11 is 1.95. The predicted octanol–water partition coefficient (Wildman–Crippen LogP) is 3.54. The summed E-state index contributed by atoms with van der Waals surface area (Å²) in [4.78, 5) is 12.1. The average molecular weight is 281 g/mol. The van der Waals surface area contributed by atoms with Crippen LogP contribution in [-0.2, 0) is 0 Å². The zero-order valence-corrected chi connectivity index (χ0v) is 12.2. The van der Waals surface area contributed by atoms with Gasteiger partial charge in [0.05, 0.1) is 5.56 Å². The van der Waals surface area contributed by atoms with Crippen molar-refractivity contribution >= 4 is 17.7 Å². The van der Waals surface area contributed by atoms with Crippen molar-refractivity contribution in [3.8, 4) is 0 Å². The van der Waals surface area contributed by atoms with E-state index in [1.54, 1.807) is 12.1 Å². The van der Waals surface area contributed by atoms with Crippen LogP contribution in [0.2, 0.25) is 0 Å². The summed E-state index contributed by atoms with van der Waals surface area (Å²) in [6.07, 6.45) is 3.13. The maximum Gasteiger partial charge on any atom is 0.254 e. The molecule has 2 nitrogen and oxygen atoms in total. The van der Waals surface area contributed by atoms with E-state index < -0.39 is 5.82 Å². The lowest BCUT2D eigenvalue weighted by Gasteiger charge is -2.13. The molecule has 2 unspecified atom stereocenters. The second kappa shape index (κ2) is 6.42. The highest BCUT2D eigenvalue weighted by Crippen LogP contribution is 2.29. The van der Waals surface area contributed by atoms with E-state index in [0.29, 0.717) is 5.25 Å². The second-order valence-corrected chi connectivity index (χ2v) is 6.62. The van der Waals surface area contributed by atoms with Gasteiger partial charge in [-0.1, -0.05) is 18.6 Å². The van der Waals surface area contributed by atoms with Gasteiger partial charge in [-0.2, -0.15) is 11.8 Å². The van der Waals surface area contributed by atoms with Crippen molar-refractivity contribution < 1.29 is 9.18 Å². The quantitative estimate of drug-likeness (QED) is 0.914. The smallest absolute Gasteiger partial charge is 0.254 e. The molecule has 1 N–H and O–H groups in total. The number of hydrogen-bond acceptors (Lipinski definition) is 2. The highest BCUT2D eigenvalue weighted by Gasteiger charge is 2.26. The molecule has 1 amide bonds. The molecule has 4 heteroatoms. The zero-order chi connectivity index (χ0) is 13.8. The summed E-state index contributed by atoms with van der Waals surface area (Å²) in [6, 6.07) is 4.83. The number of thioether (sulfide) groups is 1. The van der Waals surface area contributed by atoms with E-state index in [1.807, 2.05) is 18.7 Å². The average Bonchev–Trinajstić information content (AvgIpc) is 2.80. The second-order valence-electron chi connectivity index (χ2n) is 5.04. The lowest BCUT2D eigenvalue weighted by atomic mass is 10.1. The van der Waals surface area contributed by atoms with E-state index in [4.69, 9.17) is 0 Å². The fourth-order valence-electron chi connectivity index (χ4n) is 2.53. The van der Waals surface area contributed by atoms with E-state index in [2.05, 4.69) is 12.2 Å². The standard InChI is InChI=1S/C15H20FNOS/c1-3-19-12-6-5-11(9-12)17-15(18)13-8-10(2)4-7-14(13)16/h4,7-8,11-12H,3,5-6,9H2,1-2H3,(H,17,18). The molecule has 1 aromatic carbocycles. The molecular formula is C15H20FNOS. The number of hydrogen-bond donors (Lipinski definition) is 1. The molecule has 1 aliphatic carbocycles. The Kier molecular flexibility index (Phi) is 4.86. The van der Waals surface area contributed by atoms with Gasteiger partial charge in [0.25, 0.3) is 5.91 Å². The topological polar surface area (TPSA) is 29.1 Å². The number of amides is 1. The van der Waals surface area contributed by atoms with E-state index in [0.717, 1.165) is 30.6 Å². The Balaban J connectivity index is 1.96. The Hall–Kier alpha value is -1.03. The fraction of sp³-hybridized carbons (Fsp3) is 0.533. The van der Waals surface area contributed by atoms with Gasteiger partial charge >= 0.3 is 0 Å². The fourth-order valence-corrected chi connectivity index (χ4v) is 3.68. The van der Waals surface area contributed by atoms with Gasteiger partial charge in [0.2, 0.25) is 0 Å². The maximum absolute atomic E-state index is 13.6. The van der Waals surface area contributed by atoms with Crippen LogP contribution in [0.15, 0.2) is 18.2 Å². The number of halogens is 1. The van der Waals surface area contributed by atoms with Gasteiger partial charge in [-0.05, 0) is 44.1 Å². The number of benzene rings is 1. The number of carbonyl (C=O) groups is 1. The first kappa shape index (κ1) is 14.4. The van der Waals surface area contributed by atoms with E-state index >= 15 is 0 Å². The molecule has 0 heterocycles. The van der Waals surface area contributed by atoms with Crippen molar-refractivity contribution in [1.82, 2.24) is 5.32 Å². The number of nitrogens with one attached hydrogen (secondary N) is 1. The van der Waals surface area contributed by atoms with Gasteiger partial charge in [0.15, 0.2) is 0 Å². The van der Waals surface area contributed by atoms with Crippen molar-refractivity contribution in [3.05, 3.63) is 35.1 Å². The van der Waals surface area contributed by atoms with Gasteiger partial charge in [-0.15, -0.1) is 0 Å². The highest BCUT2D eigenvalue weighted by molar-refractivity contribution is 7.99. The summed E-state index contributed by atoms with van der Waals surface area (Å²) in [5.74, 6) is 0.381. The minimum Gasteiger partial charge on any atom is -0.349 e. The molecule has 1 fully saturated rings. The number of carbonyl (C=O) groups excluding carboxylic acids is 1. The first-order chi connectivity index (χ1) is 9.10. The Labute approximate surface area is 118 Å². The van der Waals surface area contributed by atoms with Crippen molar-refractivity contribution in [2.24, 2.45) is 0 Å². The molecule has 104 valence electrons. The number of aryl methyl sites for hydroxylation is 1. The van der Waals surface area contributed by atoms with Crippen LogP contribution in [0.3, 0.4) is 0 Å². The van der Waals surface area contributed by atoms with Crippen LogP contribution < -0.4 is 5.32 Å².